The van der Waals surface area contributed by atoms with Crippen molar-refractivity contribution in [2.24, 2.45) is 0 Å². The van der Waals surface area contributed by atoms with Crippen LogP contribution in [0.5, 0.6) is 0 Å². The van der Waals surface area contributed by atoms with Gasteiger partial charge in [-0.15, -0.1) is 11.6 Å². The minimum atomic E-state index is -1.08. The van der Waals surface area contributed by atoms with Crippen molar-refractivity contribution in [2.75, 3.05) is 11.2 Å². The van der Waals surface area contributed by atoms with E-state index in [1.165, 1.54) is 18.2 Å². The molecule has 0 atom stereocenters. The second-order valence-corrected chi connectivity index (χ2v) is 3.36. The Morgan fingerprint density at radius 1 is 1.40 bits per heavy atom. The van der Waals surface area contributed by atoms with Crippen molar-refractivity contribution in [1.29, 1.82) is 0 Å². The Hall–Kier alpha value is -1.26. The Labute approximate surface area is 95.8 Å². The highest BCUT2D eigenvalue weighted by Crippen LogP contribution is 2.23. The average molecular weight is 248 g/mol. The van der Waals surface area contributed by atoms with Crippen molar-refractivity contribution < 1.29 is 14.7 Å². The third-order valence-corrected chi connectivity index (χ3v) is 2.17. The Kier molecular flexibility index (Phi) is 3.94. The van der Waals surface area contributed by atoms with Crippen LogP contribution < -0.4 is 5.32 Å². The first kappa shape index (κ1) is 11.8. The standard InChI is InChI=1S/C9H7Cl2NO3/c10-4-8(13)12-7-2-1-5(9(14)15)3-6(7)11/h1-3H,4H2,(H,12,13)(H,14,15). The van der Waals surface area contributed by atoms with Gasteiger partial charge in [0.15, 0.2) is 0 Å². The molecule has 0 spiro atoms. The Morgan fingerprint density at radius 2 is 2.07 bits per heavy atom. The zero-order valence-corrected chi connectivity index (χ0v) is 8.97. The summed E-state index contributed by atoms with van der Waals surface area (Å²) in [4.78, 5) is 21.5. The van der Waals surface area contributed by atoms with E-state index >= 15 is 0 Å². The summed E-state index contributed by atoms with van der Waals surface area (Å²) in [5.74, 6) is -1.66. The number of aromatic carboxylic acids is 1. The number of alkyl halides is 1. The van der Waals surface area contributed by atoms with Crippen LogP contribution >= 0.6 is 23.2 Å². The first-order chi connectivity index (χ1) is 7.04. The van der Waals surface area contributed by atoms with E-state index in [-0.39, 0.29) is 16.5 Å². The molecule has 80 valence electrons. The monoisotopic (exact) mass is 247 g/mol. The highest BCUT2D eigenvalue weighted by molar-refractivity contribution is 6.35. The predicted octanol–water partition coefficient (Wildman–Crippen LogP) is 2.22. The third-order valence-electron chi connectivity index (χ3n) is 1.61. The van der Waals surface area contributed by atoms with Gasteiger partial charge >= 0.3 is 5.97 Å². The van der Waals surface area contributed by atoms with Crippen LogP contribution in [-0.2, 0) is 4.79 Å². The molecule has 1 aromatic rings. The van der Waals surface area contributed by atoms with E-state index in [1.807, 2.05) is 0 Å². The number of carbonyl (C=O) groups excluding carboxylic acids is 1. The predicted molar refractivity (Wildman–Crippen MR) is 57.8 cm³/mol. The third kappa shape index (κ3) is 3.11. The largest absolute Gasteiger partial charge is 0.478 e. The summed E-state index contributed by atoms with van der Waals surface area (Å²) in [6, 6.07) is 4.02. The summed E-state index contributed by atoms with van der Waals surface area (Å²) in [7, 11) is 0. The Bertz CT molecular complexity index is 406. The molecule has 0 aliphatic rings. The van der Waals surface area contributed by atoms with Gasteiger partial charge < -0.3 is 10.4 Å². The zero-order valence-electron chi connectivity index (χ0n) is 7.46. The number of carboxylic acid groups (broad SMARTS) is 1. The summed E-state index contributed by atoms with van der Waals surface area (Å²) < 4.78 is 0. The van der Waals surface area contributed by atoms with Gasteiger partial charge in [-0.3, -0.25) is 4.79 Å². The van der Waals surface area contributed by atoms with Crippen LogP contribution in [0.3, 0.4) is 0 Å². The van der Waals surface area contributed by atoms with Gasteiger partial charge in [0.25, 0.3) is 0 Å². The summed E-state index contributed by atoms with van der Waals surface area (Å²) in [5.41, 5.74) is 0.399. The molecule has 0 saturated heterocycles. The van der Waals surface area contributed by atoms with Crippen molar-refractivity contribution >= 4 is 40.8 Å². The normalized spacial score (nSPS) is 9.73. The van der Waals surface area contributed by atoms with Crippen molar-refractivity contribution in [2.45, 2.75) is 0 Å². The molecule has 1 amide bonds. The molecule has 0 radical (unpaired) electrons. The summed E-state index contributed by atoms with van der Waals surface area (Å²) >= 11 is 11.0. The molecule has 4 nitrogen and oxygen atoms in total. The first-order valence-corrected chi connectivity index (χ1v) is 4.84. The van der Waals surface area contributed by atoms with Gasteiger partial charge in [0.2, 0.25) is 5.91 Å². The highest BCUT2D eigenvalue weighted by Gasteiger charge is 2.08. The Balaban J connectivity index is 2.93. The maximum atomic E-state index is 10.9. The van der Waals surface area contributed by atoms with Gasteiger partial charge in [-0.1, -0.05) is 11.6 Å². The molecule has 0 fully saturated rings. The molecule has 0 aliphatic carbocycles. The molecule has 0 unspecified atom stereocenters. The fourth-order valence-electron chi connectivity index (χ4n) is 0.933. The summed E-state index contributed by atoms with van der Waals surface area (Å²) in [6.07, 6.45) is 0. The number of hydrogen-bond donors (Lipinski definition) is 2. The van der Waals surface area contributed by atoms with Crippen LogP contribution in [0.4, 0.5) is 5.69 Å². The number of carboxylic acids is 1. The fourth-order valence-corrected chi connectivity index (χ4v) is 1.23. The van der Waals surface area contributed by atoms with Crippen LogP contribution in [0.2, 0.25) is 5.02 Å². The first-order valence-electron chi connectivity index (χ1n) is 3.93. The van der Waals surface area contributed by atoms with E-state index < -0.39 is 11.9 Å². The lowest BCUT2D eigenvalue weighted by Gasteiger charge is -2.05. The van der Waals surface area contributed by atoms with Crippen molar-refractivity contribution in [3.8, 4) is 0 Å². The molecule has 0 aliphatic heterocycles. The second-order valence-electron chi connectivity index (χ2n) is 2.68. The second kappa shape index (κ2) is 5.00. The molecule has 0 heterocycles. The quantitative estimate of drug-likeness (QED) is 0.806. The fraction of sp³-hybridized carbons (Fsp3) is 0.111. The SMILES string of the molecule is O=C(CCl)Nc1ccc(C(=O)O)cc1Cl. The van der Waals surface area contributed by atoms with E-state index in [1.54, 1.807) is 0 Å². The molecule has 15 heavy (non-hydrogen) atoms. The number of nitrogens with one attached hydrogen (secondary N) is 1. The van der Waals surface area contributed by atoms with E-state index in [9.17, 15) is 9.59 Å². The number of hydrogen-bond acceptors (Lipinski definition) is 2. The van der Waals surface area contributed by atoms with E-state index in [2.05, 4.69) is 5.32 Å². The van der Waals surface area contributed by atoms with Crippen LogP contribution in [0, 0.1) is 0 Å². The van der Waals surface area contributed by atoms with Crippen molar-refractivity contribution in [3.63, 3.8) is 0 Å². The van der Waals surface area contributed by atoms with Gasteiger partial charge in [0.1, 0.15) is 5.88 Å². The lowest BCUT2D eigenvalue weighted by atomic mass is 10.2. The summed E-state index contributed by atoms with van der Waals surface area (Å²) in [5, 5.41) is 11.3. The molecule has 1 aromatic carbocycles. The molecule has 2 N–H and O–H groups in total. The number of amides is 1. The van der Waals surface area contributed by atoms with Gasteiger partial charge in [0.05, 0.1) is 16.3 Å². The van der Waals surface area contributed by atoms with Gasteiger partial charge in [-0.2, -0.15) is 0 Å². The molecule has 0 saturated carbocycles. The van der Waals surface area contributed by atoms with Gasteiger partial charge in [0, 0.05) is 0 Å². The van der Waals surface area contributed by atoms with Crippen molar-refractivity contribution in [1.82, 2.24) is 0 Å². The zero-order chi connectivity index (χ0) is 11.4. The van der Waals surface area contributed by atoms with Crippen LogP contribution in [0.25, 0.3) is 0 Å². The maximum Gasteiger partial charge on any atom is 0.335 e. The lowest BCUT2D eigenvalue weighted by molar-refractivity contribution is -0.113. The molecule has 6 heteroatoms. The minimum Gasteiger partial charge on any atom is -0.478 e. The molecular weight excluding hydrogens is 241 g/mol. The highest BCUT2D eigenvalue weighted by atomic mass is 35.5. The topological polar surface area (TPSA) is 66.4 Å². The maximum absolute atomic E-state index is 10.9. The number of rotatable bonds is 3. The minimum absolute atomic E-state index is 0.0591. The molecule has 1 rings (SSSR count). The van der Waals surface area contributed by atoms with Crippen LogP contribution in [0.15, 0.2) is 18.2 Å². The summed E-state index contributed by atoms with van der Waals surface area (Å²) in [6.45, 7) is 0. The smallest absolute Gasteiger partial charge is 0.335 e. The lowest BCUT2D eigenvalue weighted by Crippen LogP contribution is -2.13. The van der Waals surface area contributed by atoms with Gasteiger partial charge in [-0.25, -0.2) is 4.79 Å². The van der Waals surface area contributed by atoms with Crippen molar-refractivity contribution in [3.05, 3.63) is 28.8 Å². The van der Waals surface area contributed by atoms with Crippen LogP contribution in [-0.4, -0.2) is 22.9 Å². The number of benzene rings is 1. The van der Waals surface area contributed by atoms with Gasteiger partial charge in [-0.05, 0) is 18.2 Å². The number of carbonyl (C=O) groups is 2. The number of halogens is 2. The molecule has 0 bridgehead atoms. The number of anilines is 1. The van der Waals surface area contributed by atoms with E-state index in [0.29, 0.717) is 5.69 Å². The molecule has 0 aromatic heterocycles. The van der Waals surface area contributed by atoms with E-state index in [0.717, 1.165) is 0 Å². The van der Waals surface area contributed by atoms with E-state index in [4.69, 9.17) is 28.3 Å². The Morgan fingerprint density at radius 3 is 2.53 bits per heavy atom. The average Bonchev–Trinajstić information content (AvgIpc) is 2.20. The van der Waals surface area contributed by atoms with Crippen LogP contribution in [0.1, 0.15) is 10.4 Å². The molecular formula is C9H7Cl2NO3.